The molecule has 5 nitrogen and oxygen atoms in total. The molecule has 2 N–H and O–H groups in total. The number of hydrogen-bond donors (Lipinski definition) is 1. The van der Waals surface area contributed by atoms with Gasteiger partial charge in [0.05, 0.1) is 5.70 Å². The molecule has 1 saturated heterocycles. The van der Waals surface area contributed by atoms with Crippen molar-refractivity contribution in [3.05, 3.63) is 23.1 Å². The Morgan fingerprint density at radius 3 is 2.80 bits per heavy atom. The lowest BCUT2D eigenvalue weighted by Crippen LogP contribution is -2.01. The third-order valence-electron chi connectivity index (χ3n) is 1.25. The quantitative estimate of drug-likeness (QED) is 0.472. The van der Waals surface area contributed by atoms with Crippen LogP contribution in [-0.2, 0) is 14.9 Å². The van der Waals surface area contributed by atoms with Crippen LogP contribution in [0.5, 0.6) is 0 Å². The Bertz CT molecular complexity index is 340. The lowest BCUT2D eigenvalue weighted by Gasteiger charge is -1.97. The van der Waals surface area contributed by atoms with E-state index in [-0.39, 0.29) is 10.7 Å². The molecule has 0 aromatic carbocycles. The molecule has 2 aliphatic heterocycles. The third kappa shape index (κ3) is 0.445. The molecule has 6 heteroatoms. The van der Waals surface area contributed by atoms with Gasteiger partial charge < -0.3 is 10.6 Å². The molecule has 0 bridgehead atoms. The van der Waals surface area contributed by atoms with Crippen molar-refractivity contribution in [3.8, 4) is 0 Å². The predicted octanol–water partition coefficient (Wildman–Crippen LogP) is -0.781. The molecule has 2 aliphatic rings. The number of sulfonamides is 1. The van der Waals surface area contributed by atoms with E-state index < -0.39 is 10.0 Å². The van der Waals surface area contributed by atoms with Crippen LogP contribution in [0.3, 0.4) is 0 Å². The molecule has 0 aromatic rings. The number of nitrogens with zero attached hydrogens (tertiary/aromatic N) is 1. The first-order chi connectivity index (χ1) is 4.64. The van der Waals surface area contributed by atoms with Gasteiger partial charge in [-0.3, -0.25) is 0 Å². The Hall–Kier alpha value is -1.17. The van der Waals surface area contributed by atoms with Gasteiger partial charge in [-0.05, 0) is 0 Å². The van der Waals surface area contributed by atoms with Crippen molar-refractivity contribution in [1.29, 1.82) is 0 Å². The molecule has 2 heterocycles. The van der Waals surface area contributed by atoms with E-state index in [1.807, 2.05) is 0 Å². The van der Waals surface area contributed by atoms with Crippen molar-refractivity contribution in [1.82, 2.24) is 4.47 Å². The summed E-state index contributed by atoms with van der Waals surface area (Å²) in [5, 5.41) is 0.0648. The molecule has 0 amide bonds. The highest BCUT2D eigenvalue weighted by Crippen LogP contribution is 2.39. The minimum atomic E-state index is -3.28. The maximum atomic E-state index is 10.7. The highest BCUT2D eigenvalue weighted by molar-refractivity contribution is 8.00. The Labute approximate surface area is 57.4 Å². The average Bonchev–Trinajstić information content (AvgIpc) is 2.38. The van der Waals surface area contributed by atoms with Gasteiger partial charge in [-0.2, -0.15) is 8.42 Å². The highest BCUT2D eigenvalue weighted by Gasteiger charge is 2.54. The summed E-state index contributed by atoms with van der Waals surface area (Å²) in [6.45, 7) is 0. The molecule has 1 fully saturated rings. The van der Waals surface area contributed by atoms with E-state index >= 15 is 0 Å². The summed E-state index contributed by atoms with van der Waals surface area (Å²) >= 11 is 0. The number of allylic oxidation sites excluding steroid dienone is 1. The lowest BCUT2D eigenvalue weighted by atomic mass is 10.5. The summed E-state index contributed by atoms with van der Waals surface area (Å²) in [7, 11) is -3.28. The fourth-order valence-electron chi connectivity index (χ4n) is 0.745. The highest BCUT2D eigenvalue weighted by atomic mass is 32.2. The van der Waals surface area contributed by atoms with E-state index in [4.69, 9.17) is 5.73 Å². The molecule has 0 saturated carbocycles. The number of hydrogen-bond acceptors (Lipinski definition) is 4. The molecule has 0 aliphatic carbocycles. The Kier molecular flexibility index (Phi) is 0.722. The molecule has 0 unspecified atom stereocenters. The van der Waals surface area contributed by atoms with Crippen molar-refractivity contribution in [2.24, 2.45) is 5.73 Å². The van der Waals surface area contributed by atoms with Crippen LogP contribution in [0, 0.1) is 0 Å². The first-order valence-electron chi connectivity index (χ1n) is 2.52. The average molecular weight is 160 g/mol. The second-order valence-corrected chi connectivity index (χ2v) is 3.57. The van der Waals surface area contributed by atoms with Gasteiger partial charge in [0.15, 0.2) is 0 Å². The van der Waals surface area contributed by atoms with Crippen LogP contribution in [0.1, 0.15) is 0 Å². The first-order valence-corrected chi connectivity index (χ1v) is 3.96. The van der Waals surface area contributed by atoms with Crippen LogP contribution < -0.4 is 5.73 Å². The second-order valence-electron chi connectivity index (χ2n) is 1.90. The van der Waals surface area contributed by atoms with Gasteiger partial charge >= 0.3 is 10.0 Å². The topological polar surface area (TPSA) is 72.4 Å². The van der Waals surface area contributed by atoms with Crippen LogP contribution in [0.4, 0.5) is 0 Å². The van der Waals surface area contributed by atoms with Gasteiger partial charge in [0.1, 0.15) is 6.26 Å². The van der Waals surface area contributed by atoms with Gasteiger partial charge in [0.25, 0.3) is 0 Å². The number of hydroxylamine groups is 1. The molecule has 0 spiro atoms. The normalized spacial score (nSPS) is 25.8. The Balaban J connectivity index is 2.60. The summed E-state index contributed by atoms with van der Waals surface area (Å²) < 4.78 is 22.3. The van der Waals surface area contributed by atoms with Gasteiger partial charge in [-0.15, -0.1) is 0 Å². The number of rotatable bonds is 0. The summed E-state index contributed by atoms with van der Waals surface area (Å²) in [6, 6.07) is 0. The van der Waals surface area contributed by atoms with Crippen molar-refractivity contribution >= 4 is 10.0 Å². The van der Waals surface area contributed by atoms with Crippen LogP contribution in [0.2, 0.25) is 0 Å². The number of nitrogens with two attached hydrogens (primary N) is 1. The molecule has 2 rings (SSSR count). The predicted molar refractivity (Wildman–Crippen MR) is 32.2 cm³/mol. The van der Waals surface area contributed by atoms with Crippen LogP contribution in [0.25, 0.3) is 0 Å². The summed E-state index contributed by atoms with van der Waals surface area (Å²) in [4.78, 5) is 4.56. The fourth-order valence-corrected chi connectivity index (χ4v) is 1.92. The second kappa shape index (κ2) is 1.29. The van der Waals surface area contributed by atoms with Crippen molar-refractivity contribution < 1.29 is 13.3 Å². The van der Waals surface area contributed by atoms with Crippen LogP contribution in [-0.4, -0.2) is 12.9 Å². The maximum Gasteiger partial charge on any atom is 0.317 e. The SMILES string of the molecule is NC1=C2N(OC=C1)S2(=O)=O. The van der Waals surface area contributed by atoms with E-state index in [9.17, 15) is 8.42 Å². The Morgan fingerprint density at radius 2 is 2.30 bits per heavy atom. The van der Waals surface area contributed by atoms with E-state index in [0.717, 1.165) is 4.47 Å². The van der Waals surface area contributed by atoms with Gasteiger partial charge in [0, 0.05) is 6.08 Å². The van der Waals surface area contributed by atoms with Crippen LogP contribution in [0.15, 0.2) is 23.1 Å². The van der Waals surface area contributed by atoms with Gasteiger partial charge in [-0.1, -0.05) is 4.47 Å². The van der Waals surface area contributed by atoms with Crippen molar-refractivity contribution in [2.45, 2.75) is 0 Å². The van der Waals surface area contributed by atoms with Crippen LogP contribution >= 0.6 is 0 Å². The first kappa shape index (κ1) is 5.60. The molecular formula is C4H4N2O3S. The molecule has 0 radical (unpaired) electrons. The van der Waals surface area contributed by atoms with Crippen molar-refractivity contribution in [2.75, 3.05) is 0 Å². The smallest absolute Gasteiger partial charge is 0.317 e. The van der Waals surface area contributed by atoms with E-state index in [1.165, 1.54) is 12.3 Å². The van der Waals surface area contributed by atoms with E-state index in [0.29, 0.717) is 0 Å². The standard InChI is InChI=1S/C4H4N2O3S/c5-3-1-2-9-6-4(3)10(6,7)8/h1-2H,5H2. The lowest BCUT2D eigenvalue weighted by molar-refractivity contribution is 0.0570. The third-order valence-corrected chi connectivity index (χ3v) is 2.67. The summed E-state index contributed by atoms with van der Waals surface area (Å²) in [5.74, 6) is 0. The van der Waals surface area contributed by atoms with Gasteiger partial charge in [-0.25, -0.2) is 0 Å². The molecule has 0 atom stereocenters. The zero-order valence-electron chi connectivity index (χ0n) is 4.81. The minimum Gasteiger partial charge on any atom is -0.396 e. The van der Waals surface area contributed by atoms with E-state index in [2.05, 4.69) is 4.84 Å². The van der Waals surface area contributed by atoms with Gasteiger partial charge in [0.2, 0.25) is 5.03 Å². The van der Waals surface area contributed by atoms with E-state index in [1.54, 1.807) is 0 Å². The molecule has 10 heavy (non-hydrogen) atoms. The Morgan fingerprint density at radius 1 is 1.60 bits per heavy atom. The summed E-state index contributed by atoms with van der Waals surface area (Å²) in [5.41, 5.74) is 5.52. The zero-order valence-corrected chi connectivity index (χ0v) is 5.63. The zero-order chi connectivity index (χ0) is 7.35. The number of fused-ring (bicyclic) bond motifs is 1. The minimum absolute atomic E-state index is 0.0648. The maximum absolute atomic E-state index is 10.7. The van der Waals surface area contributed by atoms with Crippen molar-refractivity contribution in [3.63, 3.8) is 0 Å². The monoisotopic (exact) mass is 160 g/mol. The largest absolute Gasteiger partial charge is 0.396 e. The molecule has 54 valence electrons. The molecular weight excluding hydrogens is 156 g/mol. The molecule has 0 aromatic heterocycles. The fraction of sp³-hybridized carbons (Fsp3) is 0. The summed E-state index contributed by atoms with van der Waals surface area (Å²) in [6.07, 6.45) is 2.62.